The summed E-state index contributed by atoms with van der Waals surface area (Å²) in [6, 6.07) is -1.16. The molecule has 0 rings (SSSR count). The summed E-state index contributed by atoms with van der Waals surface area (Å²) in [6.45, 7) is 2.23. The van der Waals surface area contributed by atoms with Gasteiger partial charge in [0.2, 0.25) is 5.91 Å². The normalized spacial score (nSPS) is 13.2. The summed E-state index contributed by atoms with van der Waals surface area (Å²) in [4.78, 5) is 44.6. The third-order valence-corrected chi connectivity index (χ3v) is 2.47. The number of carboxylic acid groups (broad SMARTS) is 1. The summed E-state index contributed by atoms with van der Waals surface area (Å²) in [7, 11) is 0. The molecule has 0 saturated heterocycles. The topological polar surface area (TPSA) is 130 Å². The lowest BCUT2D eigenvalue weighted by molar-refractivity contribution is -0.157. The molecular formula is C12H19NO7. The van der Waals surface area contributed by atoms with Crippen LogP contribution >= 0.6 is 0 Å². The Balaban J connectivity index is 4.64. The molecule has 0 saturated carbocycles. The van der Waals surface area contributed by atoms with Crippen LogP contribution in [0, 0.1) is 0 Å². The first-order valence-electron chi connectivity index (χ1n) is 6.10. The van der Waals surface area contributed by atoms with Crippen LogP contribution in [0.1, 0.15) is 33.1 Å². The summed E-state index contributed by atoms with van der Waals surface area (Å²) >= 11 is 0. The van der Waals surface area contributed by atoms with Crippen molar-refractivity contribution in [2.24, 2.45) is 0 Å². The van der Waals surface area contributed by atoms with Gasteiger partial charge in [0, 0.05) is 12.8 Å². The first-order valence-corrected chi connectivity index (χ1v) is 6.10. The zero-order valence-electron chi connectivity index (χ0n) is 11.4. The number of carbonyl (C=O) groups is 4. The zero-order valence-corrected chi connectivity index (χ0v) is 11.4. The molecule has 0 fully saturated rings. The second-order valence-corrected chi connectivity index (χ2v) is 4.22. The van der Waals surface area contributed by atoms with Crippen LogP contribution in [0.4, 0.5) is 0 Å². The maximum absolute atomic E-state index is 11.8. The number of amides is 1. The van der Waals surface area contributed by atoms with E-state index >= 15 is 0 Å². The summed E-state index contributed by atoms with van der Waals surface area (Å²) in [5, 5.41) is 19.5. The molecule has 0 spiro atoms. The molecule has 0 bridgehead atoms. The van der Waals surface area contributed by atoms with Gasteiger partial charge in [0.05, 0.1) is 6.61 Å². The van der Waals surface area contributed by atoms with Crippen molar-refractivity contribution in [1.82, 2.24) is 5.32 Å². The minimum absolute atomic E-state index is 0.157. The second-order valence-electron chi connectivity index (χ2n) is 4.22. The molecule has 0 aromatic rings. The maximum atomic E-state index is 11.8. The molecule has 0 aromatic heterocycles. The lowest BCUT2D eigenvalue weighted by Gasteiger charge is -2.18. The van der Waals surface area contributed by atoms with Gasteiger partial charge in [-0.3, -0.25) is 14.4 Å². The predicted octanol–water partition coefficient (Wildman–Crippen LogP) is -0.761. The van der Waals surface area contributed by atoms with Gasteiger partial charge >= 0.3 is 11.9 Å². The number of aliphatic hydroxyl groups is 1. The molecule has 0 radical (unpaired) electrons. The number of ketones is 1. The molecule has 0 aromatic carbocycles. The van der Waals surface area contributed by atoms with E-state index in [0.717, 1.165) is 0 Å². The van der Waals surface area contributed by atoms with E-state index in [1.54, 1.807) is 0 Å². The van der Waals surface area contributed by atoms with Gasteiger partial charge in [-0.25, -0.2) is 4.79 Å². The Bertz CT molecular complexity index is 380. The van der Waals surface area contributed by atoms with Crippen LogP contribution in [0.3, 0.4) is 0 Å². The molecule has 20 heavy (non-hydrogen) atoms. The van der Waals surface area contributed by atoms with Gasteiger partial charge in [-0.2, -0.15) is 0 Å². The Hall–Kier alpha value is -1.96. The van der Waals surface area contributed by atoms with Crippen LogP contribution < -0.4 is 5.32 Å². The van der Waals surface area contributed by atoms with Crippen molar-refractivity contribution in [3.63, 3.8) is 0 Å². The van der Waals surface area contributed by atoms with E-state index in [9.17, 15) is 19.2 Å². The number of carbonyl (C=O) groups excluding carboxylic acids is 3. The van der Waals surface area contributed by atoms with Gasteiger partial charge in [-0.05, 0) is 20.3 Å². The van der Waals surface area contributed by atoms with Gasteiger partial charge < -0.3 is 20.3 Å². The highest BCUT2D eigenvalue weighted by Gasteiger charge is 2.25. The highest BCUT2D eigenvalue weighted by molar-refractivity contribution is 5.87. The number of hydrogen-bond donors (Lipinski definition) is 3. The van der Waals surface area contributed by atoms with Gasteiger partial charge in [0.1, 0.15) is 6.04 Å². The van der Waals surface area contributed by atoms with Crippen LogP contribution in [0.2, 0.25) is 0 Å². The van der Waals surface area contributed by atoms with E-state index < -0.39 is 36.6 Å². The SMILES string of the molecule is CC(=O)[C@H](C)OC(=O)[C@H](CCC(=O)O)NC(=O)CCO. The van der Waals surface area contributed by atoms with Crippen LogP contribution in [0.25, 0.3) is 0 Å². The van der Waals surface area contributed by atoms with E-state index in [4.69, 9.17) is 14.9 Å². The number of carboxylic acids is 1. The molecule has 0 unspecified atom stereocenters. The van der Waals surface area contributed by atoms with Gasteiger partial charge in [0.25, 0.3) is 0 Å². The van der Waals surface area contributed by atoms with Crippen molar-refractivity contribution in [3.8, 4) is 0 Å². The molecule has 8 nitrogen and oxygen atoms in total. The number of ether oxygens (including phenoxy) is 1. The molecule has 0 heterocycles. The summed E-state index contributed by atoms with van der Waals surface area (Å²) in [5.74, 6) is -2.97. The monoisotopic (exact) mass is 289 g/mol. The Morgan fingerprint density at radius 2 is 1.80 bits per heavy atom. The molecule has 8 heteroatoms. The largest absolute Gasteiger partial charge is 0.481 e. The minimum Gasteiger partial charge on any atom is -0.481 e. The lowest BCUT2D eigenvalue weighted by atomic mass is 10.1. The molecule has 0 aliphatic heterocycles. The number of aliphatic carboxylic acids is 1. The number of Topliss-reactive ketones (excluding diaryl/α,β-unsaturated/α-hetero) is 1. The second kappa shape index (κ2) is 9.03. The zero-order chi connectivity index (χ0) is 15.7. The molecule has 114 valence electrons. The van der Waals surface area contributed by atoms with Crippen LogP contribution in [-0.2, 0) is 23.9 Å². The van der Waals surface area contributed by atoms with Crippen molar-refractivity contribution < 1.29 is 34.1 Å². The Morgan fingerprint density at radius 1 is 1.20 bits per heavy atom. The third-order valence-electron chi connectivity index (χ3n) is 2.47. The molecule has 0 aliphatic carbocycles. The smallest absolute Gasteiger partial charge is 0.329 e. The van der Waals surface area contributed by atoms with Gasteiger partial charge in [-0.1, -0.05) is 0 Å². The summed E-state index contributed by atoms with van der Waals surface area (Å²) < 4.78 is 4.83. The standard InChI is InChI=1S/C12H19NO7/c1-7(15)8(2)20-12(19)9(3-4-11(17)18)13-10(16)5-6-14/h8-9,14H,3-6H2,1-2H3,(H,13,16)(H,17,18)/t8-,9-/m0/s1. The maximum Gasteiger partial charge on any atom is 0.329 e. The van der Waals surface area contributed by atoms with E-state index in [0.29, 0.717) is 0 Å². The lowest BCUT2D eigenvalue weighted by Crippen LogP contribution is -2.44. The molecule has 0 aliphatic rings. The van der Waals surface area contributed by atoms with Crippen molar-refractivity contribution in [2.75, 3.05) is 6.61 Å². The number of rotatable bonds is 9. The van der Waals surface area contributed by atoms with E-state index in [1.807, 2.05) is 0 Å². The third kappa shape index (κ3) is 7.47. The predicted molar refractivity (Wildman–Crippen MR) is 66.7 cm³/mol. The Morgan fingerprint density at radius 3 is 2.25 bits per heavy atom. The van der Waals surface area contributed by atoms with Crippen LogP contribution in [0.5, 0.6) is 0 Å². The quantitative estimate of drug-likeness (QED) is 0.475. The average molecular weight is 289 g/mol. The van der Waals surface area contributed by atoms with Crippen LogP contribution in [0.15, 0.2) is 0 Å². The summed E-state index contributed by atoms with van der Waals surface area (Å²) in [6.07, 6.45) is -1.67. The fraction of sp³-hybridized carbons (Fsp3) is 0.667. The number of esters is 1. The summed E-state index contributed by atoms with van der Waals surface area (Å²) in [5.41, 5.74) is 0. The number of aliphatic hydroxyl groups excluding tert-OH is 1. The Labute approximate surface area is 116 Å². The first-order chi connectivity index (χ1) is 9.27. The fourth-order valence-corrected chi connectivity index (χ4v) is 1.22. The highest BCUT2D eigenvalue weighted by Crippen LogP contribution is 2.04. The van der Waals surface area contributed by atoms with Crippen molar-refractivity contribution in [1.29, 1.82) is 0 Å². The highest BCUT2D eigenvalue weighted by atomic mass is 16.5. The van der Waals surface area contributed by atoms with E-state index in [1.165, 1.54) is 13.8 Å². The van der Waals surface area contributed by atoms with Gasteiger partial charge in [0.15, 0.2) is 11.9 Å². The Kier molecular flexibility index (Phi) is 8.14. The van der Waals surface area contributed by atoms with Crippen molar-refractivity contribution in [2.45, 2.75) is 45.3 Å². The minimum atomic E-state index is -1.16. The van der Waals surface area contributed by atoms with E-state index in [-0.39, 0.29) is 25.0 Å². The van der Waals surface area contributed by atoms with Crippen LogP contribution in [-0.4, -0.2) is 52.6 Å². The average Bonchev–Trinajstić information content (AvgIpc) is 2.34. The van der Waals surface area contributed by atoms with Crippen molar-refractivity contribution >= 4 is 23.6 Å². The molecule has 2 atom stereocenters. The van der Waals surface area contributed by atoms with Gasteiger partial charge in [-0.15, -0.1) is 0 Å². The number of hydrogen-bond acceptors (Lipinski definition) is 6. The molecule has 1 amide bonds. The molecular weight excluding hydrogens is 270 g/mol. The first kappa shape index (κ1) is 18.0. The van der Waals surface area contributed by atoms with E-state index in [2.05, 4.69) is 5.32 Å². The fourth-order valence-electron chi connectivity index (χ4n) is 1.22. The number of nitrogens with one attached hydrogen (secondary N) is 1. The molecule has 3 N–H and O–H groups in total. The van der Waals surface area contributed by atoms with Crippen molar-refractivity contribution in [3.05, 3.63) is 0 Å².